The number of rotatable bonds is 2. The molecule has 0 bridgehead atoms. The maximum Gasteiger partial charge on any atom is 0.416 e. The van der Waals surface area contributed by atoms with Crippen LogP contribution in [0.1, 0.15) is 50.7 Å². The van der Waals surface area contributed by atoms with Crippen molar-refractivity contribution in [2.24, 2.45) is 11.1 Å². The molecule has 1 unspecified atom stereocenters. The average Bonchev–Trinajstić information content (AvgIpc) is 2.79. The number of hydrogen-bond acceptors (Lipinski definition) is 5. The van der Waals surface area contributed by atoms with Gasteiger partial charge in [0.1, 0.15) is 5.82 Å². The maximum atomic E-state index is 13.5. The van der Waals surface area contributed by atoms with Gasteiger partial charge < -0.3 is 10.8 Å². The number of aliphatic hydroxyl groups excluding tert-OH is 1. The molecule has 4 rings (SSSR count). The molecule has 2 aromatic carbocycles. The first-order valence-electron chi connectivity index (χ1n) is 11.4. The molecular weight excluding hydrogens is 571 g/mol. The summed E-state index contributed by atoms with van der Waals surface area (Å²) in [5.41, 5.74) is 6.70. The summed E-state index contributed by atoms with van der Waals surface area (Å²) in [6.07, 6.45) is -4.00. The van der Waals surface area contributed by atoms with Crippen LogP contribution in [0.4, 0.5) is 18.9 Å². The third-order valence-electron chi connectivity index (χ3n) is 6.10. The van der Waals surface area contributed by atoms with Crippen LogP contribution < -0.4 is 10.6 Å². The molecule has 3 N–H and O–H groups in total. The number of halogens is 5. The molecule has 196 valence electrons. The van der Waals surface area contributed by atoms with Crippen molar-refractivity contribution in [3.63, 3.8) is 0 Å². The molecule has 37 heavy (non-hydrogen) atoms. The molecule has 0 fully saturated rings. The number of carbonyl (C=O) groups excluding carboxylic acids is 1. The summed E-state index contributed by atoms with van der Waals surface area (Å²) in [5.74, 6) is -0.939. The predicted molar refractivity (Wildman–Crippen MR) is 140 cm³/mol. The number of ketones is 1. The van der Waals surface area contributed by atoms with E-state index in [2.05, 4.69) is 22.0 Å². The Bertz CT molecular complexity index is 1310. The van der Waals surface area contributed by atoms with Gasteiger partial charge in [-0.3, -0.25) is 9.69 Å². The summed E-state index contributed by atoms with van der Waals surface area (Å²) < 4.78 is 41.4. The second-order valence-corrected chi connectivity index (χ2v) is 10.8. The van der Waals surface area contributed by atoms with Crippen LogP contribution in [-0.2, 0) is 11.0 Å². The lowest BCUT2D eigenvalue weighted by Crippen LogP contribution is -2.42. The van der Waals surface area contributed by atoms with Gasteiger partial charge in [-0.05, 0) is 54.7 Å². The highest BCUT2D eigenvalue weighted by molar-refractivity contribution is 9.10. The van der Waals surface area contributed by atoms with Gasteiger partial charge in [0.15, 0.2) is 5.78 Å². The van der Waals surface area contributed by atoms with E-state index in [1.807, 2.05) is 13.8 Å². The molecule has 0 saturated carbocycles. The zero-order valence-electron chi connectivity index (χ0n) is 20.5. The second-order valence-electron chi connectivity index (χ2n) is 9.51. The minimum absolute atomic E-state index is 0.0194. The van der Waals surface area contributed by atoms with Crippen LogP contribution in [0.2, 0.25) is 5.02 Å². The quantitative estimate of drug-likeness (QED) is 0.387. The number of Topliss-reactive ketones (excluding diaryl/α,β-unsaturated/α-hetero) is 1. The van der Waals surface area contributed by atoms with Crippen LogP contribution in [0, 0.1) is 16.7 Å². The van der Waals surface area contributed by atoms with Gasteiger partial charge >= 0.3 is 6.18 Å². The molecule has 2 aliphatic rings. The molecule has 0 amide bonds. The lowest BCUT2D eigenvalue weighted by molar-refractivity contribution is -0.137. The number of hydrogen-bond donors (Lipinski definition) is 2. The van der Waals surface area contributed by atoms with Crippen molar-refractivity contribution < 1.29 is 23.1 Å². The second kappa shape index (κ2) is 10.9. The Morgan fingerprint density at radius 3 is 2.35 bits per heavy atom. The summed E-state index contributed by atoms with van der Waals surface area (Å²) in [6.45, 7) is 5.75. The monoisotopic (exact) mass is 595 g/mol. The van der Waals surface area contributed by atoms with E-state index in [1.165, 1.54) is 4.90 Å². The van der Waals surface area contributed by atoms with E-state index in [9.17, 15) is 23.2 Å². The van der Waals surface area contributed by atoms with Crippen molar-refractivity contribution in [2.45, 2.75) is 45.7 Å². The highest BCUT2D eigenvalue weighted by Gasteiger charge is 2.45. The van der Waals surface area contributed by atoms with Crippen LogP contribution >= 0.6 is 27.5 Å². The summed E-state index contributed by atoms with van der Waals surface area (Å²) in [5, 5.41) is 17.7. The lowest BCUT2D eigenvalue weighted by atomic mass is 9.68. The normalized spacial score (nSPS) is 19.2. The molecule has 1 aliphatic carbocycles. The molecule has 10 heteroatoms. The number of alkyl halides is 3. The Balaban J connectivity index is 0.00000121. The Morgan fingerprint density at radius 1 is 1.22 bits per heavy atom. The van der Waals surface area contributed by atoms with E-state index in [0.717, 1.165) is 22.7 Å². The van der Waals surface area contributed by atoms with Gasteiger partial charge in [0, 0.05) is 28.8 Å². The van der Waals surface area contributed by atoms with Crippen molar-refractivity contribution in [2.75, 3.05) is 11.5 Å². The molecule has 0 radical (unpaired) electrons. The first kappa shape index (κ1) is 28.8. The molecule has 0 saturated heterocycles. The smallest absolute Gasteiger partial charge is 0.397 e. The SMILES string of the molecule is CC1(C)CC(=O)C2=C(C1)N(c1cc(C(F)(F)F)ccc1Cl)C(N)=C(C#N)C2c1ccc(Br)cc1.CCO. The molecule has 2 aromatic rings. The van der Waals surface area contributed by atoms with Crippen molar-refractivity contribution >= 4 is 39.0 Å². The van der Waals surface area contributed by atoms with Crippen LogP contribution in [-0.4, -0.2) is 17.5 Å². The number of benzene rings is 2. The van der Waals surface area contributed by atoms with Gasteiger partial charge in [0.2, 0.25) is 0 Å². The molecule has 5 nitrogen and oxygen atoms in total. The van der Waals surface area contributed by atoms with Gasteiger partial charge in [0.25, 0.3) is 0 Å². The van der Waals surface area contributed by atoms with Gasteiger partial charge in [-0.25, -0.2) is 0 Å². The standard InChI is InChI=1S/C25H20BrClF3N3O.C2H6O/c1-24(2)10-19-22(20(34)11-24)21(13-3-6-15(26)7-4-13)16(12-31)23(32)33(19)18-9-14(25(28,29)30)5-8-17(18)27;1-2-3/h3-9,21H,10-11,32H2,1-2H3;3H,2H2,1H3. The number of anilines is 1. The lowest BCUT2D eigenvalue weighted by Gasteiger charge is -2.44. The summed E-state index contributed by atoms with van der Waals surface area (Å²) in [7, 11) is 0. The Hall–Kier alpha value is -2.80. The number of nitrogens with zero attached hydrogens (tertiary/aromatic N) is 2. The Kier molecular flexibility index (Phi) is 8.47. The third kappa shape index (κ3) is 5.87. The van der Waals surface area contributed by atoms with Crippen molar-refractivity contribution in [1.29, 1.82) is 5.26 Å². The van der Waals surface area contributed by atoms with Crippen LogP contribution in [0.15, 0.2) is 69.6 Å². The largest absolute Gasteiger partial charge is 0.416 e. The van der Waals surface area contributed by atoms with Crippen LogP contribution in [0.3, 0.4) is 0 Å². The number of carbonyl (C=O) groups is 1. The van der Waals surface area contributed by atoms with Gasteiger partial charge in [-0.1, -0.05) is 53.5 Å². The van der Waals surface area contributed by atoms with E-state index in [4.69, 9.17) is 22.4 Å². The highest BCUT2D eigenvalue weighted by Crippen LogP contribution is 2.51. The van der Waals surface area contributed by atoms with E-state index < -0.39 is 23.1 Å². The minimum Gasteiger partial charge on any atom is -0.397 e. The molecule has 1 atom stereocenters. The molecule has 0 aromatic heterocycles. The zero-order valence-corrected chi connectivity index (χ0v) is 22.8. The van der Waals surface area contributed by atoms with Crippen molar-refractivity contribution in [3.05, 3.63) is 85.8 Å². The molecule has 1 heterocycles. The molecular formula is C27H26BrClF3N3O2. The van der Waals surface area contributed by atoms with E-state index in [1.54, 1.807) is 31.2 Å². The number of aliphatic hydroxyl groups is 1. The van der Waals surface area contributed by atoms with Crippen LogP contribution in [0.25, 0.3) is 0 Å². The molecule has 0 spiro atoms. The average molecular weight is 597 g/mol. The number of nitrogens with two attached hydrogens (primary N) is 1. The first-order chi connectivity index (χ1) is 17.3. The highest BCUT2D eigenvalue weighted by atomic mass is 79.9. The first-order valence-corrected chi connectivity index (χ1v) is 12.6. The summed E-state index contributed by atoms with van der Waals surface area (Å²) in [4.78, 5) is 14.8. The van der Waals surface area contributed by atoms with Crippen LogP contribution in [0.5, 0.6) is 0 Å². The summed E-state index contributed by atoms with van der Waals surface area (Å²) >= 11 is 9.75. The van der Waals surface area contributed by atoms with E-state index in [0.29, 0.717) is 23.3 Å². The topological polar surface area (TPSA) is 90.4 Å². The maximum absolute atomic E-state index is 13.5. The molecule has 1 aliphatic heterocycles. The van der Waals surface area contributed by atoms with E-state index in [-0.39, 0.29) is 40.9 Å². The Labute approximate surface area is 227 Å². The van der Waals surface area contributed by atoms with Crippen molar-refractivity contribution in [3.8, 4) is 6.07 Å². The number of allylic oxidation sites excluding steroid dienone is 3. The zero-order chi connectivity index (χ0) is 27.7. The summed E-state index contributed by atoms with van der Waals surface area (Å²) in [6, 6.07) is 12.2. The van der Waals surface area contributed by atoms with E-state index >= 15 is 0 Å². The van der Waals surface area contributed by atoms with Gasteiger partial charge in [-0.15, -0.1) is 0 Å². The number of nitriles is 1. The van der Waals surface area contributed by atoms with Gasteiger partial charge in [0.05, 0.1) is 33.8 Å². The Morgan fingerprint density at radius 2 is 1.81 bits per heavy atom. The third-order valence-corrected chi connectivity index (χ3v) is 6.95. The predicted octanol–water partition coefficient (Wildman–Crippen LogP) is 7.06. The fourth-order valence-corrected chi connectivity index (χ4v) is 5.10. The fourth-order valence-electron chi connectivity index (χ4n) is 4.63. The fraction of sp³-hybridized carbons (Fsp3) is 0.333. The minimum atomic E-state index is -4.61. The van der Waals surface area contributed by atoms with Gasteiger partial charge in [-0.2, -0.15) is 18.4 Å². The van der Waals surface area contributed by atoms with Crippen molar-refractivity contribution in [1.82, 2.24) is 0 Å².